The highest BCUT2D eigenvalue weighted by Gasteiger charge is 2.47. The van der Waals surface area contributed by atoms with Crippen LogP contribution >= 0.6 is 0 Å². The highest BCUT2D eigenvalue weighted by molar-refractivity contribution is 5.80. The van der Waals surface area contributed by atoms with Crippen molar-refractivity contribution >= 4 is 11.9 Å². The van der Waals surface area contributed by atoms with Crippen molar-refractivity contribution in [3.8, 4) is 0 Å². The molecule has 11 nitrogen and oxygen atoms in total. The highest BCUT2D eigenvalue weighted by Crippen LogP contribution is 2.26. The molecule has 1 aliphatic rings. The van der Waals surface area contributed by atoms with Crippen molar-refractivity contribution in [3.05, 3.63) is 97.2 Å². The molecule has 11 heteroatoms. The molecule has 0 bridgehead atoms. The third-order valence-corrected chi connectivity index (χ3v) is 14.7. The molecule has 80 heavy (non-hydrogen) atoms. The van der Waals surface area contributed by atoms with Gasteiger partial charge in [-0.3, -0.25) is 9.59 Å². The molecule has 8 atom stereocenters. The van der Waals surface area contributed by atoms with Crippen LogP contribution in [0.25, 0.3) is 0 Å². The predicted molar refractivity (Wildman–Crippen MR) is 333 cm³/mol. The Labute approximate surface area is 488 Å². The Morgan fingerprint density at radius 1 is 0.500 bits per heavy atom. The van der Waals surface area contributed by atoms with E-state index in [1.807, 2.05) is 12.2 Å². The lowest BCUT2D eigenvalue weighted by Crippen LogP contribution is -2.61. The van der Waals surface area contributed by atoms with Gasteiger partial charge in [-0.1, -0.05) is 253 Å². The monoisotopic (exact) mass is 1120 g/mol. The zero-order valence-electron chi connectivity index (χ0n) is 50.9. The number of unbranched alkanes of at least 4 members (excludes halogenated alkanes) is 26. The first kappa shape index (κ1) is 74.6. The summed E-state index contributed by atoms with van der Waals surface area (Å²) in [6.07, 6.45) is 64.4. The summed E-state index contributed by atoms with van der Waals surface area (Å²) in [5.74, 6) is -1.24. The standard InChI is InChI=1S/C69H119NO10/c1-4-7-10-13-16-19-22-25-27-29-31-33-34-36-38-41-44-47-50-53-56-62(73)68(77)70-60(61(72)55-52-49-46-43-40-24-21-18-15-12-9-6-3)59-78-69-67(66(76)65(75)63(58-71)79-69)80-64(74)57-54-51-48-45-42-39-37-35-32-30-28-26-23-20-17-14-11-8-5-2/h7,10,16,19,25-28,31,33,36,38,44,47,52,55,60-63,65-67,69,71-73,75-76H,4-6,8-9,11-15,17-18,20-24,29-30,32,34-35,37,39-43,45-46,48-51,53-54,56-59H2,1-3H3,(H,70,77)/b10-7-,19-16-,27-25-,28-26+,33-31-,38-36-,47-44-,55-52+. The summed E-state index contributed by atoms with van der Waals surface area (Å²) in [6.45, 7) is 5.65. The number of aliphatic hydroxyl groups is 5. The summed E-state index contributed by atoms with van der Waals surface area (Å²) in [5, 5.41) is 57.0. The average Bonchev–Trinajstić information content (AvgIpc) is 3.45. The maximum absolute atomic E-state index is 13.4. The lowest BCUT2D eigenvalue weighted by atomic mass is 9.99. The van der Waals surface area contributed by atoms with Gasteiger partial charge in [-0.05, 0) is 103 Å². The molecule has 0 aliphatic carbocycles. The van der Waals surface area contributed by atoms with E-state index in [2.05, 4.69) is 105 Å². The van der Waals surface area contributed by atoms with Crippen LogP contribution in [0.4, 0.5) is 0 Å². The van der Waals surface area contributed by atoms with E-state index in [-0.39, 0.29) is 19.4 Å². The zero-order valence-corrected chi connectivity index (χ0v) is 50.9. The van der Waals surface area contributed by atoms with Crippen molar-refractivity contribution in [2.45, 2.75) is 314 Å². The molecule has 460 valence electrons. The van der Waals surface area contributed by atoms with Gasteiger partial charge in [0.2, 0.25) is 5.91 Å². The summed E-state index contributed by atoms with van der Waals surface area (Å²) < 4.78 is 17.6. The Kier molecular flexibility index (Phi) is 52.3. The van der Waals surface area contributed by atoms with Gasteiger partial charge in [0.25, 0.3) is 0 Å². The molecule has 6 N–H and O–H groups in total. The smallest absolute Gasteiger partial charge is 0.306 e. The van der Waals surface area contributed by atoms with Gasteiger partial charge in [0.05, 0.1) is 25.4 Å². The van der Waals surface area contributed by atoms with Crippen molar-refractivity contribution in [1.29, 1.82) is 0 Å². The van der Waals surface area contributed by atoms with Gasteiger partial charge in [-0.15, -0.1) is 0 Å². The molecule has 0 saturated carbocycles. The van der Waals surface area contributed by atoms with Crippen LogP contribution in [-0.2, 0) is 23.8 Å². The molecule has 1 fully saturated rings. The normalized spacial score (nSPS) is 19.4. The van der Waals surface area contributed by atoms with Crippen LogP contribution in [-0.4, -0.2) is 99.6 Å². The average molecular weight is 1120 g/mol. The fourth-order valence-corrected chi connectivity index (χ4v) is 9.60. The van der Waals surface area contributed by atoms with Gasteiger partial charge >= 0.3 is 5.97 Å². The van der Waals surface area contributed by atoms with Crippen LogP contribution in [0.15, 0.2) is 97.2 Å². The van der Waals surface area contributed by atoms with Crippen LogP contribution in [0, 0.1) is 0 Å². The number of amides is 1. The molecule has 8 unspecified atom stereocenters. The van der Waals surface area contributed by atoms with E-state index in [9.17, 15) is 35.1 Å². The van der Waals surface area contributed by atoms with E-state index in [0.29, 0.717) is 19.3 Å². The van der Waals surface area contributed by atoms with Gasteiger partial charge < -0.3 is 45.1 Å². The molecule has 0 radical (unpaired) electrons. The summed E-state index contributed by atoms with van der Waals surface area (Å²) in [7, 11) is 0. The first-order valence-electron chi connectivity index (χ1n) is 32.5. The SMILES string of the molecule is CC/C=C\C/C=C\C/C=C\C/C=C\C/C=C\C/C=C\CCCC(O)C(=O)NC(COC1OC(CO)C(O)C(O)C1OC(=O)CCCCCCCCCCC/C=C/CCCCCCCC)C(O)/C=C/CCCCCCCCCCCC. The number of carbonyl (C=O) groups excluding carboxylic acids is 2. The number of hydrogen-bond acceptors (Lipinski definition) is 10. The number of aliphatic hydroxyl groups excluding tert-OH is 5. The fourth-order valence-electron chi connectivity index (χ4n) is 9.60. The van der Waals surface area contributed by atoms with Crippen LogP contribution < -0.4 is 5.32 Å². The van der Waals surface area contributed by atoms with Crippen LogP contribution in [0.1, 0.15) is 265 Å². The van der Waals surface area contributed by atoms with Gasteiger partial charge in [-0.25, -0.2) is 0 Å². The summed E-state index contributed by atoms with van der Waals surface area (Å²) >= 11 is 0. The van der Waals surface area contributed by atoms with Crippen LogP contribution in [0.2, 0.25) is 0 Å². The second-order valence-corrected chi connectivity index (χ2v) is 22.1. The quantitative estimate of drug-likeness (QED) is 0.0195. The van der Waals surface area contributed by atoms with Gasteiger partial charge in [0.15, 0.2) is 12.4 Å². The summed E-state index contributed by atoms with van der Waals surface area (Å²) in [6, 6.07) is -1.05. The molecule has 1 rings (SSSR count). The van der Waals surface area contributed by atoms with E-state index in [1.54, 1.807) is 6.08 Å². The molecule has 1 saturated heterocycles. The second-order valence-electron chi connectivity index (χ2n) is 22.1. The summed E-state index contributed by atoms with van der Waals surface area (Å²) in [4.78, 5) is 26.6. The first-order chi connectivity index (χ1) is 39.2. The lowest BCUT2D eigenvalue weighted by Gasteiger charge is -2.41. The molecule has 0 aromatic rings. The van der Waals surface area contributed by atoms with E-state index >= 15 is 0 Å². The molecule has 0 aromatic carbocycles. The predicted octanol–water partition coefficient (Wildman–Crippen LogP) is 15.9. The Balaban J connectivity index is 2.69. The Morgan fingerprint density at radius 3 is 1.36 bits per heavy atom. The minimum absolute atomic E-state index is 0.112. The molecule has 0 aromatic heterocycles. The number of allylic oxidation sites excluding steroid dienone is 15. The Morgan fingerprint density at radius 2 is 0.900 bits per heavy atom. The Bertz CT molecular complexity index is 1670. The van der Waals surface area contributed by atoms with E-state index in [4.69, 9.17) is 14.2 Å². The zero-order chi connectivity index (χ0) is 58.2. The number of hydrogen-bond donors (Lipinski definition) is 6. The minimum atomic E-state index is -1.63. The Hall–Kier alpha value is -3.42. The van der Waals surface area contributed by atoms with Crippen molar-refractivity contribution in [3.63, 3.8) is 0 Å². The minimum Gasteiger partial charge on any atom is -0.454 e. The van der Waals surface area contributed by atoms with Gasteiger partial charge in [0.1, 0.15) is 24.4 Å². The topological polar surface area (TPSA) is 175 Å². The molecule has 1 heterocycles. The molecule has 1 amide bonds. The maximum atomic E-state index is 13.4. The third-order valence-electron chi connectivity index (χ3n) is 14.7. The van der Waals surface area contributed by atoms with E-state index in [0.717, 1.165) is 83.5 Å². The van der Waals surface area contributed by atoms with Crippen LogP contribution in [0.5, 0.6) is 0 Å². The molecule has 0 spiro atoms. The maximum Gasteiger partial charge on any atom is 0.306 e. The summed E-state index contributed by atoms with van der Waals surface area (Å²) in [5.41, 5.74) is 0. The molecule has 1 aliphatic heterocycles. The van der Waals surface area contributed by atoms with E-state index < -0.39 is 67.4 Å². The van der Waals surface area contributed by atoms with Crippen molar-refractivity contribution < 1.29 is 49.3 Å². The highest BCUT2D eigenvalue weighted by atomic mass is 16.7. The number of carbonyl (C=O) groups is 2. The largest absolute Gasteiger partial charge is 0.454 e. The van der Waals surface area contributed by atoms with Crippen molar-refractivity contribution in [2.75, 3.05) is 13.2 Å². The number of ether oxygens (including phenoxy) is 3. The molecular formula is C69H119NO10. The number of rotatable bonds is 54. The third kappa shape index (κ3) is 43.3. The fraction of sp³-hybridized carbons (Fsp3) is 0.739. The van der Waals surface area contributed by atoms with Crippen molar-refractivity contribution in [1.82, 2.24) is 5.32 Å². The van der Waals surface area contributed by atoms with Crippen molar-refractivity contribution in [2.24, 2.45) is 0 Å². The lowest BCUT2D eigenvalue weighted by molar-refractivity contribution is -0.305. The number of esters is 1. The van der Waals surface area contributed by atoms with Gasteiger partial charge in [0, 0.05) is 6.42 Å². The number of nitrogens with one attached hydrogen (secondary N) is 1. The van der Waals surface area contributed by atoms with Gasteiger partial charge in [-0.2, -0.15) is 0 Å². The second kappa shape index (κ2) is 56.1. The first-order valence-corrected chi connectivity index (χ1v) is 32.5. The van der Waals surface area contributed by atoms with Crippen LogP contribution in [0.3, 0.4) is 0 Å². The van der Waals surface area contributed by atoms with E-state index in [1.165, 1.54) is 128 Å². The molecular weight excluding hydrogens is 1000 g/mol.